The van der Waals surface area contributed by atoms with E-state index in [0.717, 1.165) is 27.6 Å². The van der Waals surface area contributed by atoms with Crippen LogP contribution in [-0.4, -0.2) is 15.0 Å². The summed E-state index contributed by atoms with van der Waals surface area (Å²) in [6.45, 7) is 6.28. The Balaban J connectivity index is 1.76. The molecule has 0 radical (unpaired) electrons. The predicted octanol–water partition coefficient (Wildman–Crippen LogP) is 3.74. The van der Waals surface area contributed by atoms with Crippen molar-refractivity contribution in [1.82, 2.24) is 20.3 Å². The van der Waals surface area contributed by atoms with E-state index in [1.54, 1.807) is 11.3 Å². The van der Waals surface area contributed by atoms with E-state index in [0.29, 0.717) is 0 Å². The predicted molar refractivity (Wildman–Crippen MR) is 82.9 cm³/mol. The van der Waals surface area contributed by atoms with E-state index in [2.05, 4.69) is 39.5 Å². The van der Waals surface area contributed by atoms with Crippen LogP contribution in [-0.2, 0) is 0 Å². The number of fused-ring (bicyclic) bond motifs is 1. The number of nitrogens with one attached hydrogen (secondary N) is 2. The van der Waals surface area contributed by atoms with Crippen molar-refractivity contribution in [1.29, 1.82) is 0 Å². The molecular formula is C15H18N4S. The fourth-order valence-electron chi connectivity index (χ4n) is 2.30. The molecule has 2 unspecified atom stereocenters. The quantitative estimate of drug-likeness (QED) is 0.768. The number of imidazole rings is 1. The van der Waals surface area contributed by atoms with Crippen LogP contribution in [0.5, 0.6) is 0 Å². The zero-order chi connectivity index (χ0) is 14.1. The number of para-hydroxylation sites is 2. The minimum atomic E-state index is 0.152. The molecule has 0 aliphatic heterocycles. The Morgan fingerprint density at radius 3 is 2.65 bits per heavy atom. The summed E-state index contributed by atoms with van der Waals surface area (Å²) in [7, 11) is 0. The number of hydrogen-bond acceptors (Lipinski definition) is 4. The van der Waals surface area contributed by atoms with Gasteiger partial charge in [0.05, 0.1) is 27.8 Å². The van der Waals surface area contributed by atoms with Gasteiger partial charge in [-0.25, -0.2) is 9.97 Å². The van der Waals surface area contributed by atoms with Crippen molar-refractivity contribution in [2.24, 2.45) is 0 Å². The summed E-state index contributed by atoms with van der Waals surface area (Å²) in [6, 6.07) is 8.46. The number of thiazole rings is 1. The van der Waals surface area contributed by atoms with Crippen LogP contribution < -0.4 is 5.32 Å². The molecule has 5 heteroatoms. The largest absolute Gasteiger partial charge is 0.341 e. The number of aryl methyl sites for hydroxylation is 1. The standard InChI is InChI=1S/C15H18N4S/c1-9(14-8-20-11(3)17-14)16-10(2)15-18-12-6-4-5-7-13(12)19-15/h4-10,16H,1-3H3,(H,18,19). The summed E-state index contributed by atoms with van der Waals surface area (Å²) < 4.78 is 0. The van der Waals surface area contributed by atoms with E-state index in [-0.39, 0.29) is 12.1 Å². The van der Waals surface area contributed by atoms with Crippen LogP contribution in [0.1, 0.15) is 42.5 Å². The molecular weight excluding hydrogens is 268 g/mol. The maximum atomic E-state index is 4.63. The highest BCUT2D eigenvalue weighted by molar-refractivity contribution is 7.09. The van der Waals surface area contributed by atoms with Crippen LogP contribution in [0, 0.1) is 6.92 Å². The number of benzene rings is 1. The summed E-state index contributed by atoms with van der Waals surface area (Å²) in [6.07, 6.45) is 0. The van der Waals surface area contributed by atoms with Gasteiger partial charge in [0.25, 0.3) is 0 Å². The van der Waals surface area contributed by atoms with Crippen molar-refractivity contribution < 1.29 is 0 Å². The van der Waals surface area contributed by atoms with Gasteiger partial charge >= 0.3 is 0 Å². The van der Waals surface area contributed by atoms with Crippen molar-refractivity contribution in [3.8, 4) is 0 Å². The summed E-state index contributed by atoms with van der Waals surface area (Å²) in [5.74, 6) is 0.963. The monoisotopic (exact) mass is 286 g/mol. The Bertz CT molecular complexity index is 682. The van der Waals surface area contributed by atoms with Crippen molar-refractivity contribution >= 4 is 22.4 Å². The Hall–Kier alpha value is -1.72. The molecule has 2 atom stereocenters. The van der Waals surface area contributed by atoms with Crippen LogP contribution >= 0.6 is 11.3 Å². The number of aromatic amines is 1. The highest BCUT2D eigenvalue weighted by Gasteiger charge is 2.15. The summed E-state index contributed by atoms with van der Waals surface area (Å²) in [5, 5.41) is 6.75. The third-order valence-electron chi connectivity index (χ3n) is 3.40. The molecule has 104 valence electrons. The normalized spacial score (nSPS) is 14.6. The van der Waals surface area contributed by atoms with Gasteiger partial charge < -0.3 is 4.98 Å². The summed E-state index contributed by atoms with van der Waals surface area (Å²) >= 11 is 1.68. The van der Waals surface area contributed by atoms with Crippen LogP contribution in [0.2, 0.25) is 0 Å². The highest BCUT2D eigenvalue weighted by Crippen LogP contribution is 2.21. The topological polar surface area (TPSA) is 53.6 Å². The SMILES string of the molecule is Cc1nc(C(C)NC(C)c2nc3ccccc3[nH]2)cs1. The first kappa shape index (κ1) is 13.3. The van der Waals surface area contributed by atoms with Crippen LogP contribution in [0.4, 0.5) is 0 Å². The van der Waals surface area contributed by atoms with E-state index in [1.807, 2.05) is 31.2 Å². The minimum absolute atomic E-state index is 0.152. The molecule has 0 saturated heterocycles. The van der Waals surface area contributed by atoms with Gasteiger partial charge in [-0.05, 0) is 32.9 Å². The molecule has 2 N–H and O–H groups in total. The maximum absolute atomic E-state index is 4.63. The molecule has 0 amide bonds. The zero-order valence-electron chi connectivity index (χ0n) is 11.8. The van der Waals surface area contributed by atoms with Crippen LogP contribution in [0.25, 0.3) is 11.0 Å². The molecule has 2 aromatic heterocycles. The fraction of sp³-hybridized carbons (Fsp3) is 0.333. The third kappa shape index (κ3) is 2.59. The van der Waals surface area contributed by atoms with E-state index in [4.69, 9.17) is 0 Å². The van der Waals surface area contributed by atoms with Gasteiger partial charge in [0.1, 0.15) is 5.82 Å². The van der Waals surface area contributed by atoms with Crippen molar-refractivity contribution in [2.75, 3.05) is 0 Å². The molecule has 4 nitrogen and oxygen atoms in total. The Morgan fingerprint density at radius 2 is 1.95 bits per heavy atom. The zero-order valence-corrected chi connectivity index (χ0v) is 12.7. The lowest BCUT2D eigenvalue weighted by Gasteiger charge is -2.16. The lowest BCUT2D eigenvalue weighted by molar-refractivity contribution is 0.473. The average molecular weight is 286 g/mol. The van der Waals surface area contributed by atoms with Gasteiger partial charge in [-0.2, -0.15) is 0 Å². The van der Waals surface area contributed by atoms with E-state index < -0.39 is 0 Å². The number of hydrogen-bond donors (Lipinski definition) is 2. The Kier molecular flexibility index (Phi) is 3.54. The van der Waals surface area contributed by atoms with Crippen molar-refractivity contribution in [3.63, 3.8) is 0 Å². The second-order valence-corrected chi connectivity index (χ2v) is 6.10. The molecule has 0 spiro atoms. The lowest BCUT2D eigenvalue weighted by atomic mass is 10.2. The average Bonchev–Trinajstić information content (AvgIpc) is 3.04. The molecule has 0 fully saturated rings. The number of nitrogens with zero attached hydrogens (tertiary/aromatic N) is 2. The van der Waals surface area contributed by atoms with Gasteiger partial charge in [0.2, 0.25) is 0 Å². The first-order valence-corrected chi connectivity index (χ1v) is 7.64. The lowest BCUT2D eigenvalue weighted by Crippen LogP contribution is -2.23. The maximum Gasteiger partial charge on any atom is 0.124 e. The molecule has 0 aliphatic carbocycles. The Morgan fingerprint density at radius 1 is 1.15 bits per heavy atom. The minimum Gasteiger partial charge on any atom is -0.341 e. The third-order valence-corrected chi connectivity index (χ3v) is 4.19. The molecule has 0 bridgehead atoms. The first-order chi connectivity index (χ1) is 9.63. The summed E-state index contributed by atoms with van der Waals surface area (Å²) in [4.78, 5) is 12.5. The van der Waals surface area contributed by atoms with Crippen LogP contribution in [0.15, 0.2) is 29.6 Å². The van der Waals surface area contributed by atoms with Crippen LogP contribution in [0.3, 0.4) is 0 Å². The smallest absolute Gasteiger partial charge is 0.124 e. The first-order valence-electron chi connectivity index (χ1n) is 6.76. The molecule has 2 heterocycles. The van der Waals surface area contributed by atoms with Gasteiger partial charge in [0.15, 0.2) is 0 Å². The second-order valence-electron chi connectivity index (χ2n) is 5.04. The van der Waals surface area contributed by atoms with Crippen molar-refractivity contribution in [2.45, 2.75) is 32.9 Å². The second kappa shape index (κ2) is 5.34. The highest BCUT2D eigenvalue weighted by atomic mass is 32.1. The molecule has 3 rings (SSSR count). The molecule has 0 saturated carbocycles. The van der Waals surface area contributed by atoms with Gasteiger partial charge in [-0.15, -0.1) is 11.3 Å². The van der Waals surface area contributed by atoms with Crippen molar-refractivity contribution in [3.05, 3.63) is 46.2 Å². The molecule has 1 aromatic carbocycles. The van der Waals surface area contributed by atoms with E-state index in [9.17, 15) is 0 Å². The number of aromatic nitrogens is 3. The number of H-pyrrole nitrogens is 1. The fourth-order valence-corrected chi connectivity index (χ4v) is 3.00. The molecule has 20 heavy (non-hydrogen) atoms. The molecule has 3 aromatic rings. The van der Waals surface area contributed by atoms with E-state index >= 15 is 0 Å². The van der Waals surface area contributed by atoms with Gasteiger partial charge in [-0.3, -0.25) is 5.32 Å². The van der Waals surface area contributed by atoms with Gasteiger partial charge in [0, 0.05) is 11.4 Å². The van der Waals surface area contributed by atoms with Gasteiger partial charge in [-0.1, -0.05) is 12.1 Å². The Labute approximate surface area is 122 Å². The number of rotatable bonds is 4. The summed E-state index contributed by atoms with van der Waals surface area (Å²) in [5.41, 5.74) is 3.18. The van der Waals surface area contributed by atoms with E-state index in [1.165, 1.54) is 0 Å². The molecule has 0 aliphatic rings.